The van der Waals surface area contributed by atoms with Crippen molar-refractivity contribution in [3.05, 3.63) is 67.3 Å². The SMILES string of the molecule is O=c1oc2c(c(O)c1[C@H](c1cccc([N+](=O)[O-])c1)C1CC1)CCCCCC2. The standard InChI is InChI=1S/C21H23NO5/c23-20-16-8-3-1-2-4-9-17(16)27-21(24)19(20)18(13-10-11-13)14-6-5-7-15(12-14)22(25)26/h5-7,12-13,18,23H,1-4,8-11H2/t18-/m0/s1. The van der Waals surface area contributed by atoms with Crippen LogP contribution in [0.1, 0.15) is 66.9 Å². The smallest absolute Gasteiger partial charge is 0.343 e. The van der Waals surface area contributed by atoms with Gasteiger partial charge in [-0.3, -0.25) is 10.1 Å². The summed E-state index contributed by atoms with van der Waals surface area (Å²) in [5, 5.41) is 22.2. The summed E-state index contributed by atoms with van der Waals surface area (Å²) >= 11 is 0. The van der Waals surface area contributed by atoms with E-state index >= 15 is 0 Å². The van der Waals surface area contributed by atoms with Gasteiger partial charge in [0, 0.05) is 30.0 Å². The van der Waals surface area contributed by atoms with Crippen molar-refractivity contribution in [2.24, 2.45) is 5.92 Å². The summed E-state index contributed by atoms with van der Waals surface area (Å²) < 4.78 is 5.66. The van der Waals surface area contributed by atoms with E-state index in [1.165, 1.54) is 12.1 Å². The number of hydrogen-bond donors (Lipinski definition) is 1. The number of aryl methyl sites for hydroxylation is 1. The van der Waals surface area contributed by atoms with Gasteiger partial charge in [-0.15, -0.1) is 0 Å². The maximum Gasteiger partial charge on any atom is 0.343 e. The maximum atomic E-state index is 12.8. The zero-order valence-electron chi connectivity index (χ0n) is 15.1. The number of hydrogen-bond acceptors (Lipinski definition) is 5. The normalized spacial score (nSPS) is 18.2. The van der Waals surface area contributed by atoms with Crippen molar-refractivity contribution in [3.8, 4) is 5.75 Å². The largest absolute Gasteiger partial charge is 0.507 e. The van der Waals surface area contributed by atoms with E-state index in [0.717, 1.165) is 44.1 Å². The predicted octanol–water partition coefficient (Wildman–Crippen LogP) is 4.45. The van der Waals surface area contributed by atoms with Gasteiger partial charge >= 0.3 is 5.63 Å². The molecule has 4 rings (SSSR count). The molecule has 1 aromatic carbocycles. The van der Waals surface area contributed by atoms with Crippen LogP contribution in [0.3, 0.4) is 0 Å². The third-order valence-electron chi connectivity index (χ3n) is 5.74. The molecular formula is C21H23NO5. The minimum absolute atomic E-state index is 0.00623. The van der Waals surface area contributed by atoms with Crippen LogP contribution < -0.4 is 5.63 Å². The van der Waals surface area contributed by atoms with Crippen molar-refractivity contribution in [2.75, 3.05) is 0 Å². The molecule has 2 aliphatic rings. The molecule has 1 N–H and O–H groups in total. The highest BCUT2D eigenvalue weighted by molar-refractivity contribution is 5.49. The van der Waals surface area contributed by atoms with Crippen molar-refractivity contribution in [1.29, 1.82) is 0 Å². The lowest BCUT2D eigenvalue weighted by Crippen LogP contribution is -2.19. The molecule has 0 bridgehead atoms. The Hall–Kier alpha value is -2.63. The molecule has 6 heteroatoms. The predicted molar refractivity (Wildman–Crippen MR) is 100 cm³/mol. The molecule has 1 fully saturated rings. The summed E-state index contributed by atoms with van der Waals surface area (Å²) in [6, 6.07) is 6.38. The molecule has 2 aromatic rings. The van der Waals surface area contributed by atoms with Crippen molar-refractivity contribution < 1.29 is 14.4 Å². The maximum absolute atomic E-state index is 12.8. The number of benzene rings is 1. The molecule has 0 unspecified atom stereocenters. The number of nitro benzene ring substituents is 1. The van der Waals surface area contributed by atoms with Gasteiger partial charge in [-0.2, -0.15) is 0 Å². The van der Waals surface area contributed by atoms with E-state index in [-0.39, 0.29) is 28.8 Å². The van der Waals surface area contributed by atoms with Gasteiger partial charge in [0.05, 0.1) is 10.5 Å². The minimum Gasteiger partial charge on any atom is -0.507 e. The number of nitrogens with zero attached hydrogens (tertiary/aromatic N) is 1. The molecular weight excluding hydrogens is 346 g/mol. The van der Waals surface area contributed by atoms with Crippen LogP contribution in [0.25, 0.3) is 0 Å². The van der Waals surface area contributed by atoms with E-state index in [1.54, 1.807) is 12.1 Å². The van der Waals surface area contributed by atoms with Crippen molar-refractivity contribution >= 4 is 5.69 Å². The van der Waals surface area contributed by atoms with Crippen LogP contribution in [0, 0.1) is 16.0 Å². The summed E-state index contributed by atoms with van der Waals surface area (Å²) in [7, 11) is 0. The highest BCUT2D eigenvalue weighted by Gasteiger charge is 2.38. The first-order chi connectivity index (χ1) is 13.1. The monoisotopic (exact) mass is 369 g/mol. The average Bonchev–Trinajstić information content (AvgIpc) is 3.45. The van der Waals surface area contributed by atoms with Crippen LogP contribution in [-0.2, 0) is 12.8 Å². The van der Waals surface area contributed by atoms with Crippen LogP contribution in [0.15, 0.2) is 33.5 Å². The lowest BCUT2D eigenvalue weighted by Gasteiger charge is -2.21. The zero-order valence-corrected chi connectivity index (χ0v) is 15.1. The molecule has 0 saturated heterocycles. The average molecular weight is 369 g/mol. The second kappa shape index (κ2) is 7.18. The van der Waals surface area contributed by atoms with Crippen molar-refractivity contribution in [1.82, 2.24) is 0 Å². The highest BCUT2D eigenvalue weighted by atomic mass is 16.6. The Bertz CT molecular complexity index is 929. The molecule has 0 radical (unpaired) electrons. The van der Waals surface area contributed by atoms with Gasteiger partial charge in [0.15, 0.2) is 0 Å². The second-order valence-electron chi connectivity index (χ2n) is 7.63. The van der Waals surface area contributed by atoms with Gasteiger partial charge < -0.3 is 9.52 Å². The number of nitro groups is 1. The van der Waals surface area contributed by atoms with Crippen LogP contribution in [0.4, 0.5) is 5.69 Å². The lowest BCUT2D eigenvalue weighted by molar-refractivity contribution is -0.384. The minimum atomic E-state index is -0.504. The summed E-state index contributed by atoms with van der Waals surface area (Å²) in [6.07, 6.45) is 7.35. The van der Waals surface area contributed by atoms with E-state index in [2.05, 4.69) is 0 Å². The summed E-state index contributed by atoms with van der Waals surface area (Å²) in [6.45, 7) is 0. The summed E-state index contributed by atoms with van der Waals surface area (Å²) in [4.78, 5) is 23.6. The molecule has 0 amide bonds. The first-order valence-electron chi connectivity index (χ1n) is 9.68. The fraction of sp³-hybridized carbons (Fsp3) is 0.476. The van der Waals surface area contributed by atoms with E-state index < -0.39 is 10.5 Å². The second-order valence-corrected chi connectivity index (χ2v) is 7.63. The van der Waals surface area contributed by atoms with Gasteiger partial charge in [-0.1, -0.05) is 25.0 Å². The summed E-state index contributed by atoms with van der Waals surface area (Å²) in [5.74, 6) is 0.491. The zero-order chi connectivity index (χ0) is 19.0. The topological polar surface area (TPSA) is 93.6 Å². The molecule has 27 heavy (non-hydrogen) atoms. The van der Waals surface area contributed by atoms with Crippen LogP contribution >= 0.6 is 0 Å². The Balaban J connectivity index is 1.84. The van der Waals surface area contributed by atoms with Crippen molar-refractivity contribution in [3.63, 3.8) is 0 Å². The molecule has 1 heterocycles. The summed E-state index contributed by atoms with van der Waals surface area (Å²) in [5.41, 5.74) is 1.21. The number of aromatic hydroxyl groups is 1. The molecule has 1 saturated carbocycles. The molecule has 1 atom stereocenters. The molecule has 142 valence electrons. The fourth-order valence-electron chi connectivity index (χ4n) is 4.23. The Labute approximate surface area is 157 Å². The van der Waals surface area contributed by atoms with E-state index in [9.17, 15) is 20.0 Å². The Kier molecular flexibility index (Phi) is 4.72. The van der Waals surface area contributed by atoms with E-state index in [1.807, 2.05) is 0 Å². The number of fused-ring (bicyclic) bond motifs is 1. The van der Waals surface area contributed by atoms with E-state index in [4.69, 9.17) is 4.42 Å². The molecule has 0 aliphatic heterocycles. The first-order valence-corrected chi connectivity index (χ1v) is 9.68. The van der Waals surface area contributed by atoms with Gasteiger partial charge in [-0.25, -0.2) is 4.79 Å². The van der Waals surface area contributed by atoms with Gasteiger partial charge in [0.2, 0.25) is 0 Å². The van der Waals surface area contributed by atoms with E-state index in [0.29, 0.717) is 24.2 Å². The number of rotatable bonds is 4. The lowest BCUT2D eigenvalue weighted by atomic mass is 9.85. The van der Waals surface area contributed by atoms with Crippen LogP contribution in [0.5, 0.6) is 5.75 Å². The Morgan fingerprint density at radius 1 is 1.15 bits per heavy atom. The fourth-order valence-corrected chi connectivity index (χ4v) is 4.23. The highest BCUT2D eigenvalue weighted by Crippen LogP contribution is 2.49. The van der Waals surface area contributed by atoms with Gasteiger partial charge in [-0.05, 0) is 43.6 Å². The Morgan fingerprint density at radius 2 is 1.89 bits per heavy atom. The first kappa shape index (κ1) is 17.8. The van der Waals surface area contributed by atoms with Gasteiger partial charge in [0.25, 0.3) is 5.69 Å². The van der Waals surface area contributed by atoms with Crippen LogP contribution in [-0.4, -0.2) is 10.0 Å². The quantitative estimate of drug-likeness (QED) is 0.634. The third kappa shape index (κ3) is 3.48. The van der Waals surface area contributed by atoms with Crippen molar-refractivity contribution in [2.45, 2.75) is 57.3 Å². The van der Waals surface area contributed by atoms with Gasteiger partial charge in [0.1, 0.15) is 11.5 Å². The molecule has 2 aliphatic carbocycles. The molecule has 1 aromatic heterocycles. The molecule has 0 spiro atoms. The third-order valence-corrected chi connectivity index (χ3v) is 5.74. The molecule has 6 nitrogen and oxygen atoms in total. The van der Waals surface area contributed by atoms with Crippen LogP contribution in [0.2, 0.25) is 0 Å². The Morgan fingerprint density at radius 3 is 2.59 bits per heavy atom. The number of non-ortho nitro benzene ring substituents is 1.